The summed E-state index contributed by atoms with van der Waals surface area (Å²) in [6, 6.07) is 17.7. The first-order chi connectivity index (χ1) is 19.1. The van der Waals surface area contributed by atoms with Crippen LogP contribution in [-0.4, -0.2) is 54.6 Å². The molecule has 3 atom stereocenters. The molecule has 8 heteroatoms. The Bertz CT molecular complexity index is 1550. The van der Waals surface area contributed by atoms with Crippen molar-refractivity contribution in [2.24, 2.45) is 10.5 Å². The molecule has 0 amide bonds. The fourth-order valence-corrected chi connectivity index (χ4v) is 6.53. The summed E-state index contributed by atoms with van der Waals surface area (Å²) in [5.41, 5.74) is 0.307. The Morgan fingerprint density at radius 2 is 1.50 bits per heavy atom. The fraction of sp³-hybridized carbons (Fsp3) is 0.312. The third-order valence-corrected chi connectivity index (χ3v) is 7.99. The van der Waals surface area contributed by atoms with E-state index >= 15 is 0 Å². The molecule has 0 unspecified atom stereocenters. The normalized spacial score (nSPS) is 22.1. The number of Topliss-reactive ketones (excluding diaryl/α,β-unsaturated/α-hetero) is 2. The molecule has 8 nitrogen and oxygen atoms in total. The van der Waals surface area contributed by atoms with Crippen LogP contribution in [-0.2, 0) is 9.53 Å². The summed E-state index contributed by atoms with van der Waals surface area (Å²) in [4.78, 5) is 43.5. The molecule has 1 spiro atoms. The van der Waals surface area contributed by atoms with Gasteiger partial charge in [-0.25, -0.2) is 4.79 Å². The van der Waals surface area contributed by atoms with E-state index in [4.69, 9.17) is 19.3 Å². The molecule has 0 bridgehead atoms. The van der Waals surface area contributed by atoms with E-state index in [0.29, 0.717) is 28.2 Å². The van der Waals surface area contributed by atoms with E-state index in [-0.39, 0.29) is 11.6 Å². The molecule has 2 heterocycles. The molecule has 40 heavy (non-hydrogen) atoms. The number of ether oxygens (including phenoxy) is 3. The van der Waals surface area contributed by atoms with Gasteiger partial charge in [0.15, 0.2) is 29.1 Å². The van der Waals surface area contributed by atoms with Gasteiger partial charge in [-0.1, -0.05) is 54.6 Å². The number of rotatable bonds is 4. The van der Waals surface area contributed by atoms with E-state index in [9.17, 15) is 14.4 Å². The Morgan fingerprint density at radius 3 is 2.12 bits per heavy atom. The zero-order valence-electron chi connectivity index (χ0n) is 23.0. The van der Waals surface area contributed by atoms with Crippen LogP contribution in [0.5, 0.6) is 11.5 Å². The van der Waals surface area contributed by atoms with Crippen LogP contribution in [0, 0.1) is 5.41 Å². The van der Waals surface area contributed by atoms with Gasteiger partial charge in [0.05, 0.1) is 26.5 Å². The first-order valence-corrected chi connectivity index (χ1v) is 13.2. The quantitative estimate of drug-likeness (QED) is 0.342. The van der Waals surface area contributed by atoms with Gasteiger partial charge < -0.3 is 14.2 Å². The van der Waals surface area contributed by atoms with Gasteiger partial charge in [0.25, 0.3) is 0 Å². The van der Waals surface area contributed by atoms with Crippen LogP contribution in [0.1, 0.15) is 70.1 Å². The van der Waals surface area contributed by atoms with Gasteiger partial charge in [0, 0.05) is 17.0 Å². The molecule has 1 saturated heterocycles. The Morgan fingerprint density at radius 1 is 0.875 bits per heavy atom. The van der Waals surface area contributed by atoms with Crippen molar-refractivity contribution >= 4 is 23.8 Å². The number of hydrogen-bond acceptors (Lipinski definition) is 8. The predicted octanol–water partition coefficient (Wildman–Crippen LogP) is 4.97. The number of nitrogens with zero attached hydrogens (tertiary/aromatic N) is 2. The van der Waals surface area contributed by atoms with Crippen LogP contribution in [0.4, 0.5) is 0 Å². The Kier molecular flexibility index (Phi) is 5.83. The first kappa shape index (κ1) is 25.8. The van der Waals surface area contributed by atoms with Crippen molar-refractivity contribution < 1.29 is 28.6 Å². The van der Waals surface area contributed by atoms with Crippen molar-refractivity contribution in [2.45, 2.75) is 44.4 Å². The van der Waals surface area contributed by atoms with Crippen molar-refractivity contribution in [1.82, 2.24) is 5.01 Å². The van der Waals surface area contributed by atoms with Gasteiger partial charge in [-0.05, 0) is 49.6 Å². The maximum atomic E-state index is 14.7. The van der Waals surface area contributed by atoms with Gasteiger partial charge in [-0.15, -0.1) is 0 Å². The van der Waals surface area contributed by atoms with Crippen molar-refractivity contribution in [3.63, 3.8) is 0 Å². The van der Waals surface area contributed by atoms with Crippen LogP contribution < -0.4 is 9.47 Å². The zero-order valence-corrected chi connectivity index (χ0v) is 23.0. The average Bonchev–Trinajstić information content (AvgIpc) is 3.38. The van der Waals surface area contributed by atoms with E-state index in [1.54, 1.807) is 74.5 Å². The summed E-state index contributed by atoms with van der Waals surface area (Å²) < 4.78 is 17.0. The monoisotopic (exact) mass is 538 g/mol. The standard InChI is InChI=1S/C32H30N2O6/c1-31(2,3)40-30(37)26-25(18-14-15-23(38-4)24(16-18)39-5)32(28(35)21-12-8-9-13-22(21)29(32)36)27-20-11-7-6-10-19(20)17-33-34(26)27/h6-17,25-27H,1-5H3/t25-,26+,27+/m0/s1. The summed E-state index contributed by atoms with van der Waals surface area (Å²) in [6.07, 6.45) is 1.67. The van der Waals surface area contributed by atoms with E-state index < -0.39 is 35.0 Å². The van der Waals surface area contributed by atoms with Crippen LogP contribution >= 0.6 is 0 Å². The molecule has 0 aromatic heterocycles. The second-order valence-corrected chi connectivity index (χ2v) is 11.3. The van der Waals surface area contributed by atoms with Crippen LogP contribution in [0.25, 0.3) is 0 Å². The van der Waals surface area contributed by atoms with Gasteiger partial charge >= 0.3 is 5.97 Å². The first-order valence-electron chi connectivity index (χ1n) is 13.2. The zero-order chi connectivity index (χ0) is 28.4. The molecule has 0 N–H and O–H groups in total. The lowest BCUT2D eigenvalue weighted by Crippen LogP contribution is -2.44. The molecule has 2 aliphatic heterocycles. The smallest absolute Gasteiger partial charge is 0.331 e. The minimum absolute atomic E-state index is 0.333. The van der Waals surface area contributed by atoms with E-state index in [0.717, 1.165) is 11.1 Å². The molecule has 1 aliphatic carbocycles. The lowest BCUT2D eigenvalue weighted by molar-refractivity contribution is -0.161. The van der Waals surface area contributed by atoms with Gasteiger partial charge in [-0.2, -0.15) is 5.10 Å². The average molecular weight is 539 g/mol. The highest BCUT2D eigenvalue weighted by Gasteiger charge is 2.73. The van der Waals surface area contributed by atoms with Crippen LogP contribution in [0.2, 0.25) is 0 Å². The third-order valence-electron chi connectivity index (χ3n) is 7.99. The van der Waals surface area contributed by atoms with Gasteiger partial charge in [0.2, 0.25) is 0 Å². The topological polar surface area (TPSA) is 94.5 Å². The molecule has 0 saturated carbocycles. The second-order valence-electron chi connectivity index (χ2n) is 11.3. The van der Waals surface area contributed by atoms with E-state index in [1.807, 2.05) is 24.3 Å². The number of ketones is 2. The minimum Gasteiger partial charge on any atom is -0.493 e. The highest BCUT2D eigenvalue weighted by molar-refractivity contribution is 6.31. The SMILES string of the molecule is COc1ccc([C@H]2[C@H](C(=O)OC(C)(C)C)N3N=Cc4ccccc4[C@@H]3C23C(=O)c2ccccc2C3=O)cc1OC. The highest BCUT2D eigenvalue weighted by atomic mass is 16.6. The number of hydrazone groups is 1. The lowest BCUT2D eigenvalue weighted by Gasteiger charge is -2.36. The summed E-state index contributed by atoms with van der Waals surface area (Å²) in [5.74, 6) is -1.27. The Hall–Kier alpha value is -4.46. The van der Waals surface area contributed by atoms with E-state index in [1.165, 1.54) is 14.2 Å². The maximum Gasteiger partial charge on any atom is 0.331 e. The van der Waals surface area contributed by atoms with Crippen molar-refractivity contribution in [3.05, 3.63) is 94.5 Å². The molecule has 1 fully saturated rings. The predicted molar refractivity (Wildman–Crippen MR) is 148 cm³/mol. The number of esters is 1. The van der Waals surface area contributed by atoms with Crippen molar-refractivity contribution in [3.8, 4) is 11.5 Å². The molecular weight excluding hydrogens is 508 g/mol. The molecule has 3 aromatic carbocycles. The summed E-state index contributed by atoms with van der Waals surface area (Å²) in [5, 5.41) is 6.33. The van der Waals surface area contributed by atoms with Crippen molar-refractivity contribution in [2.75, 3.05) is 14.2 Å². The summed E-state index contributed by atoms with van der Waals surface area (Å²) >= 11 is 0. The number of hydrogen-bond donors (Lipinski definition) is 0. The number of carbonyl (C=O) groups is 3. The van der Waals surface area contributed by atoms with Gasteiger partial charge in [-0.3, -0.25) is 14.6 Å². The molecule has 3 aliphatic rings. The van der Waals surface area contributed by atoms with Crippen LogP contribution in [0.3, 0.4) is 0 Å². The summed E-state index contributed by atoms with van der Waals surface area (Å²) in [6.45, 7) is 5.36. The van der Waals surface area contributed by atoms with Gasteiger partial charge in [0.1, 0.15) is 11.0 Å². The molecule has 204 valence electrons. The Labute approximate surface area is 232 Å². The van der Waals surface area contributed by atoms with Crippen LogP contribution in [0.15, 0.2) is 71.8 Å². The minimum atomic E-state index is -1.68. The summed E-state index contributed by atoms with van der Waals surface area (Å²) in [7, 11) is 3.05. The highest BCUT2D eigenvalue weighted by Crippen LogP contribution is 2.64. The molecular formula is C32H30N2O6. The number of fused-ring (bicyclic) bond motifs is 5. The van der Waals surface area contributed by atoms with E-state index in [2.05, 4.69) is 0 Å². The number of benzene rings is 3. The largest absolute Gasteiger partial charge is 0.493 e. The molecule has 3 aromatic rings. The Balaban J connectivity index is 1.68. The lowest BCUT2D eigenvalue weighted by atomic mass is 9.63. The number of methoxy groups -OCH3 is 2. The maximum absolute atomic E-state index is 14.7. The molecule has 6 rings (SSSR count). The fourth-order valence-electron chi connectivity index (χ4n) is 6.53. The second kappa shape index (κ2) is 9.05. The third kappa shape index (κ3) is 3.51. The number of carbonyl (C=O) groups excluding carboxylic acids is 3. The van der Waals surface area contributed by atoms with Crippen molar-refractivity contribution in [1.29, 1.82) is 0 Å². The molecule has 0 radical (unpaired) electrons.